The fraction of sp³-hybridized carbons (Fsp3) is 0.393. The van der Waals surface area contributed by atoms with Gasteiger partial charge in [0.25, 0.3) is 5.91 Å². The van der Waals surface area contributed by atoms with E-state index in [-0.39, 0.29) is 41.1 Å². The Balaban J connectivity index is 1.45. The van der Waals surface area contributed by atoms with Crippen molar-refractivity contribution in [2.75, 3.05) is 20.2 Å². The van der Waals surface area contributed by atoms with Crippen LogP contribution in [0.15, 0.2) is 57.8 Å². The second-order valence-corrected chi connectivity index (χ2v) is 12.5. The lowest BCUT2D eigenvalue weighted by atomic mass is 10.0. The highest BCUT2D eigenvalue weighted by Gasteiger charge is 2.34. The lowest BCUT2D eigenvalue weighted by Gasteiger charge is -2.23. The van der Waals surface area contributed by atoms with Crippen molar-refractivity contribution in [2.45, 2.75) is 50.1 Å². The number of sulfonamides is 1. The second-order valence-electron chi connectivity index (χ2n) is 10.1. The minimum atomic E-state index is -3.95. The number of carbonyl (C=O) groups is 3. The van der Waals surface area contributed by atoms with Crippen molar-refractivity contribution >= 4 is 50.2 Å². The van der Waals surface area contributed by atoms with Crippen LogP contribution < -0.4 is 15.4 Å². The van der Waals surface area contributed by atoms with Crippen LogP contribution in [0.4, 0.5) is 0 Å². The van der Waals surface area contributed by atoms with Crippen molar-refractivity contribution in [3.63, 3.8) is 0 Å². The van der Waals surface area contributed by atoms with E-state index in [0.717, 1.165) is 4.31 Å². The summed E-state index contributed by atoms with van der Waals surface area (Å²) in [4.78, 5) is 39.4. The van der Waals surface area contributed by atoms with Crippen molar-refractivity contribution in [2.24, 2.45) is 5.92 Å². The highest BCUT2D eigenvalue weighted by Crippen LogP contribution is 2.25. The number of amides is 2. The van der Waals surface area contributed by atoms with Crippen LogP contribution in [-0.2, 0) is 19.6 Å². The SMILES string of the molecule is COc1ccc2oc(C(=O)N[C@@H](CC(C)C)C(=O)N[C@H]3CCCN(S(=O)(=O)c4cccc(Cl)c4)CC3=O)cc2c1. The fourth-order valence-electron chi connectivity index (χ4n) is 4.60. The smallest absolute Gasteiger partial charge is 0.287 e. The Hall–Kier alpha value is -3.41. The summed E-state index contributed by atoms with van der Waals surface area (Å²) in [6.45, 7) is 3.56. The Morgan fingerprint density at radius 1 is 1.18 bits per heavy atom. The molecule has 2 aromatic carbocycles. The van der Waals surface area contributed by atoms with E-state index in [1.54, 1.807) is 37.4 Å². The fourth-order valence-corrected chi connectivity index (χ4v) is 6.34. The molecule has 0 radical (unpaired) electrons. The molecule has 2 N–H and O–H groups in total. The van der Waals surface area contributed by atoms with Gasteiger partial charge < -0.3 is 19.8 Å². The van der Waals surface area contributed by atoms with Gasteiger partial charge in [-0.1, -0.05) is 31.5 Å². The van der Waals surface area contributed by atoms with Gasteiger partial charge in [-0.15, -0.1) is 0 Å². The van der Waals surface area contributed by atoms with Crippen LogP contribution in [0.5, 0.6) is 5.75 Å². The molecule has 0 saturated carbocycles. The molecule has 0 spiro atoms. The predicted molar refractivity (Wildman–Crippen MR) is 150 cm³/mol. The van der Waals surface area contributed by atoms with Gasteiger partial charge in [-0.25, -0.2) is 8.42 Å². The number of methoxy groups -OCH3 is 1. The van der Waals surface area contributed by atoms with Crippen LogP contribution in [0.1, 0.15) is 43.7 Å². The third kappa shape index (κ3) is 6.83. The van der Waals surface area contributed by atoms with Crippen molar-refractivity contribution in [3.8, 4) is 5.75 Å². The lowest BCUT2D eigenvalue weighted by molar-refractivity contribution is -0.129. The number of ether oxygens (including phenoxy) is 1. The molecule has 0 bridgehead atoms. The minimum Gasteiger partial charge on any atom is -0.497 e. The summed E-state index contributed by atoms with van der Waals surface area (Å²) in [5, 5.41) is 6.42. The van der Waals surface area contributed by atoms with E-state index in [1.807, 2.05) is 13.8 Å². The number of hydrogen-bond donors (Lipinski definition) is 2. The minimum absolute atomic E-state index is 0.000901. The lowest BCUT2D eigenvalue weighted by Crippen LogP contribution is -2.52. The number of halogens is 1. The molecule has 1 fully saturated rings. The Morgan fingerprint density at radius 3 is 2.65 bits per heavy atom. The first kappa shape index (κ1) is 29.6. The third-order valence-electron chi connectivity index (χ3n) is 6.65. The van der Waals surface area contributed by atoms with E-state index in [4.69, 9.17) is 20.8 Å². The van der Waals surface area contributed by atoms with Crippen molar-refractivity contribution in [1.29, 1.82) is 0 Å². The van der Waals surface area contributed by atoms with Gasteiger partial charge in [0.1, 0.15) is 17.4 Å². The van der Waals surface area contributed by atoms with E-state index >= 15 is 0 Å². The van der Waals surface area contributed by atoms with Crippen LogP contribution in [0.2, 0.25) is 5.02 Å². The molecule has 1 aromatic heterocycles. The maximum atomic E-state index is 13.3. The summed E-state index contributed by atoms with van der Waals surface area (Å²) >= 11 is 5.97. The van der Waals surface area contributed by atoms with E-state index in [2.05, 4.69) is 10.6 Å². The highest BCUT2D eigenvalue weighted by atomic mass is 35.5. The molecule has 10 nitrogen and oxygen atoms in total. The standard InChI is InChI=1S/C28H32ClN3O7S/c1-17(2)12-23(31-28(35)26-14-18-13-20(38-3)9-10-25(18)39-26)27(34)30-22-8-5-11-32(16-24(22)33)40(36,37)21-7-4-6-19(29)15-21/h4,6-7,9-10,13-15,17,22-23H,5,8,11-12,16H2,1-3H3,(H,30,34)(H,31,35)/t22-,23-/m0/s1. The first-order chi connectivity index (χ1) is 19.0. The molecule has 4 rings (SSSR count). The maximum absolute atomic E-state index is 13.3. The molecular weight excluding hydrogens is 558 g/mol. The van der Waals surface area contributed by atoms with E-state index in [1.165, 1.54) is 18.2 Å². The molecule has 214 valence electrons. The molecule has 1 aliphatic heterocycles. The molecule has 3 aromatic rings. The second kappa shape index (κ2) is 12.4. The van der Waals surface area contributed by atoms with Gasteiger partial charge in [0, 0.05) is 17.0 Å². The molecule has 0 unspecified atom stereocenters. The van der Waals surface area contributed by atoms with Gasteiger partial charge >= 0.3 is 0 Å². The zero-order valence-electron chi connectivity index (χ0n) is 22.5. The van der Waals surface area contributed by atoms with Crippen molar-refractivity contribution in [1.82, 2.24) is 14.9 Å². The Bertz CT molecular complexity index is 1520. The van der Waals surface area contributed by atoms with E-state index < -0.39 is 39.7 Å². The molecule has 2 heterocycles. The Morgan fingerprint density at radius 2 is 1.95 bits per heavy atom. The van der Waals surface area contributed by atoms with Gasteiger partial charge in [-0.05, 0) is 67.6 Å². The Kier molecular flexibility index (Phi) is 9.17. The molecule has 0 aliphatic carbocycles. The summed E-state index contributed by atoms with van der Waals surface area (Å²) in [5.41, 5.74) is 0.497. The summed E-state index contributed by atoms with van der Waals surface area (Å²) in [5.74, 6) is -0.815. The van der Waals surface area contributed by atoms with Gasteiger partial charge in [0.2, 0.25) is 15.9 Å². The third-order valence-corrected chi connectivity index (χ3v) is 8.72. The first-order valence-corrected chi connectivity index (χ1v) is 14.8. The number of hydrogen-bond acceptors (Lipinski definition) is 7. The number of Topliss-reactive ketones (excluding diaryl/α,β-unsaturated/α-hetero) is 1. The van der Waals surface area contributed by atoms with Crippen LogP contribution in [0.25, 0.3) is 11.0 Å². The topological polar surface area (TPSA) is 135 Å². The number of nitrogens with one attached hydrogen (secondary N) is 2. The summed E-state index contributed by atoms with van der Waals surface area (Å²) in [6, 6.07) is 10.7. The normalized spacial score (nSPS) is 17.4. The highest BCUT2D eigenvalue weighted by molar-refractivity contribution is 7.89. The number of ketones is 1. The van der Waals surface area contributed by atoms with Crippen LogP contribution >= 0.6 is 11.6 Å². The molecule has 1 aliphatic rings. The summed E-state index contributed by atoms with van der Waals surface area (Å²) in [6.07, 6.45) is 0.946. The predicted octanol–water partition coefficient (Wildman–Crippen LogP) is 3.78. The summed E-state index contributed by atoms with van der Waals surface area (Å²) in [7, 11) is -2.41. The average molecular weight is 590 g/mol. The molecule has 2 atom stereocenters. The zero-order valence-corrected chi connectivity index (χ0v) is 24.0. The number of nitrogens with zero attached hydrogens (tertiary/aromatic N) is 1. The van der Waals surface area contributed by atoms with E-state index in [0.29, 0.717) is 29.6 Å². The molecule has 1 saturated heterocycles. The van der Waals surface area contributed by atoms with Gasteiger partial charge in [0.15, 0.2) is 11.5 Å². The number of benzene rings is 2. The van der Waals surface area contributed by atoms with E-state index in [9.17, 15) is 22.8 Å². The van der Waals surface area contributed by atoms with Gasteiger partial charge in [-0.2, -0.15) is 4.31 Å². The molecular formula is C28H32ClN3O7S. The number of furan rings is 1. The zero-order chi connectivity index (χ0) is 29.0. The van der Waals surface area contributed by atoms with Crippen molar-refractivity contribution in [3.05, 3.63) is 59.3 Å². The number of rotatable bonds is 9. The van der Waals surface area contributed by atoms with Gasteiger partial charge in [-0.3, -0.25) is 14.4 Å². The summed E-state index contributed by atoms with van der Waals surface area (Å²) < 4.78 is 38.2. The van der Waals surface area contributed by atoms with Crippen LogP contribution in [0, 0.1) is 5.92 Å². The maximum Gasteiger partial charge on any atom is 0.287 e. The monoisotopic (exact) mass is 589 g/mol. The van der Waals surface area contributed by atoms with Crippen molar-refractivity contribution < 1.29 is 32.0 Å². The van der Waals surface area contributed by atoms with Gasteiger partial charge in [0.05, 0.1) is 24.6 Å². The van der Waals surface area contributed by atoms with Crippen LogP contribution in [0.3, 0.4) is 0 Å². The number of carbonyl (C=O) groups excluding carboxylic acids is 3. The molecule has 12 heteroatoms. The first-order valence-electron chi connectivity index (χ1n) is 12.9. The number of fused-ring (bicyclic) bond motifs is 1. The molecule has 40 heavy (non-hydrogen) atoms. The average Bonchev–Trinajstić information content (AvgIpc) is 3.25. The quantitative estimate of drug-likeness (QED) is 0.388. The Labute approximate surface area is 238 Å². The largest absolute Gasteiger partial charge is 0.497 e. The molecule has 2 amide bonds. The van der Waals surface area contributed by atoms with Crippen LogP contribution in [-0.4, -0.2) is 62.6 Å².